The molecule has 1 aromatic carbocycles. The Balaban J connectivity index is 2.99. The van der Waals surface area contributed by atoms with Crippen LogP contribution in [0.5, 0.6) is 0 Å². The van der Waals surface area contributed by atoms with Gasteiger partial charge in [0.15, 0.2) is 0 Å². The topological polar surface area (TPSA) is 46.2 Å². The summed E-state index contributed by atoms with van der Waals surface area (Å²) < 4.78 is 25.5. The maximum atomic E-state index is 11.2. The molecule has 3 nitrogen and oxygen atoms in total. The average molecular weight is 343 g/mol. The lowest BCUT2D eigenvalue weighted by atomic mass is 10.2. The van der Waals surface area contributed by atoms with Gasteiger partial charge in [0, 0.05) is 4.47 Å². The molecular formula is C8H9Br2NO2S. The summed E-state index contributed by atoms with van der Waals surface area (Å²) in [6.07, 6.45) is 0. The van der Waals surface area contributed by atoms with Crippen LogP contribution in [0, 0.1) is 6.92 Å². The summed E-state index contributed by atoms with van der Waals surface area (Å²) in [5.41, 5.74) is 1.62. The Bertz CT molecular complexity index is 431. The molecule has 0 radical (unpaired) electrons. The lowest BCUT2D eigenvalue weighted by Gasteiger charge is -2.07. The second-order valence-electron chi connectivity index (χ2n) is 2.81. The number of nitrogens with one attached hydrogen (secondary N) is 1. The molecule has 0 heterocycles. The molecule has 0 atom stereocenters. The molecule has 0 bridgehead atoms. The standard InChI is InChI=1S/C8H9Br2NO2S/c1-6-2-3-8(7(10)4-6)11-14(12,13)5-9/h2-4,11H,5H2,1H3. The van der Waals surface area contributed by atoms with Gasteiger partial charge in [0.25, 0.3) is 0 Å². The van der Waals surface area contributed by atoms with E-state index in [4.69, 9.17) is 0 Å². The molecule has 0 unspecified atom stereocenters. The van der Waals surface area contributed by atoms with E-state index in [-0.39, 0.29) is 4.66 Å². The molecule has 0 aliphatic rings. The Kier molecular flexibility index (Phi) is 3.97. The molecule has 6 heteroatoms. The molecule has 0 saturated heterocycles. The van der Waals surface area contributed by atoms with Gasteiger partial charge in [-0.1, -0.05) is 22.0 Å². The van der Waals surface area contributed by atoms with Crippen LogP contribution in [0.15, 0.2) is 22.7 Å². The zero-order chi connectivity index (χ0) is 10.8. The van der Waals surface area contributed by atoms with Gasteiger partial charge in [-0.3, -0.25) is 4.72 Å². The minimum atomic E-state index is -3.27. The van der Waals surface area contributed by atoms with Crippen LogP contribution >= 0.6 is 31.9 Å². The monoisotopic (exact) mass is 341 g/mol. The van der Waals surface area contributed by atoms with Gasteiger partial charge in [0.2, 0.25) is 10.0 Å². The third-order valence-electron chi connectivity index (χ3n) is 1.53. The lowest BCUT2D eigenvalue weighted by Crippen LogP contribution is -2.13. The van der Waals surface area contributed by atoms with E-state index in [1.54, 1.807) is 6.07 Å². The Morgan fingerprint density at radius 1 is 1.43 bits per heavy atom. The first kappa shape index (κ1) is 12.0. The molecule has 0 aliphatic carbocycles. The van der Waals surface area contributed by atoms with Gasteiger partial charge < -0.3 is 0 Å². The van der Waals surface area contributed by atoms with Crippen LogP contribution in [-0.2, 0) is 10.0 Å². The van der Waals surface area contributed by atoms with Crippen molar-refractivity contribution in [3.63, 3.8) is 0 Å². The molecule has 78 valence electrons. The second kappa shape index (κ2) is 4.63. The fourth-order valence-corrected chi connectivity index (χ4v) is 2.53. The number of halogens is 2. The number of rotatable bonds is 3. The molecule has 0 spiro atoms. The van der Waals surface area contributed by atoms with Crippen molar-refractivity contribution in [1.29, 1.82) is 0 Å². The Labute approximate surface area is 100 Å². The van der Waals surface area contributed by atoms with Crippen molar-refractivity contribution >= 4 is 47.6 Å². The van der Waals surface area contributed by atoms with Gasteiger partial charge in [-0.25, -0.2) is 8.42 Å². The van der Waals surface area contributed by atoms with Crippen molar-refractivity contribution in [3.05, 3.63) is 28.2 Å². The first-order valence-corrected chi connectivity index (χ1v) is 7.34. The van der Waals surface area contributed by atoms with Crippen molar-refractivity contribution in [1.82, 2.24) is 0 Å². The molecule has 0 saturated carbocycles. The fourth-order valence-electron chi connectivity index (χ4n) is 0.898. The molecule has 0 aromatic heterocycles. The molecule has 0 aliphatic heterocycles. The van der Waals surface area contributed by atoms with Crippen molar-refractivity contribution in [2.45, 2.75) is 6.92 Å². The number of sulfonamides is 1. The highest BCUT2D eigenvalue weighted by molar-refractivity contribution is 9.11. The van der Waals surface area contributed by atoms with E-state index in [0.717, 1.165) is 10.0 Å². The average Bonchev–Trinajstić information content (AvgIpc) is 2.10. The highest BCUT2D eigenvalue weighted by Crippen LogP contribution is 2.24. The van der Waals surface area contributed by atoms with Crippen LogP contribution in [0.2, 0.25) is 0 Å². The third kappa shape index (κ3) is 3.25. The smallest absolute Gasteiger partial charge is 0.242 e. The minimum absolute atomic E-state index is 0.111. The van der Waals surface area contributed by atoms with Crippen LogP contribution in [0.3, 0.4) is 0 Å². The fraction of sp³-hybridized carbons (Fsp3) is 0.250. The third-order valence-corrected chi connectivity index (χ3v) is 4.82. The molecule has 1 rings (SSSR count). The first-order chi connectivity index (χ1) is 6.44. The SMILES string of the molecule is Cc1ccc(NS(=O)(=O)CBr)c(Br)c1. The second-order valence-corrected chi connectivity index (χ2v) is 6.69. The van der Waals surface area contributed by atoms with E-state index in [9.17, 15) is 8.42 Å². The van der Waals surface area contributed by atoms with Crippen molar-refractivity contribution in [2.75, 3.05) is 9.38 Å². The molecule has 1 N–H and O–H groups in total. The number of hydrogen-bond acceptors (Lipinski definition) is 2. The predicted molar refractivity (Wildman–Crippen MR) is 65.2 cm³/mol. The maximum absolute atomic E-state index is 11.2. The normalized spacial score (nSPS) is 11.4. The number of aryl methyl sites for hydroxylation is 1. The minimum Gasteiger partial charge on any atom is -0.282 e. The molecule has 0 fully saturated rings. The molecular weight excluding hydrogens is 334 g/mol. The van der Waals surface area contributed by atoms with E-state index in [0.29, 0.717) is 5.69 Å². The highest BCUT2D eigenvalue weighted by Gasteiger charge is 2.09. The van der Waals surface area contributed by atoms with Gasteiger partial charge >= 0.3 is 0 Å². The van der Waals surface area contributed by atoms with Gasteiger partial charge in [-0.15, -0.1) is 0 Å². The molecule has 1 aromatic rings. The van der Waals surface area contributed by atoms with Gasteiger partial charge in [-0.05, 0) is 40.5 Å². The summed E-state index contributed by atoms with van der Waals surface area (Å²) >= 11 is 6.19. The van der Waals surface area contributed by atoms with E-state index in [1.165, 1.54) is 0 Å². The van der Waals surface area contributed by atoms with Gasteiger partial charge in [0.05, 0.1) is 5.69 Å². The zero-order valence-electron chi connectivity index (χ0n) is 7.42. The quantitative estimate of drug-likeness (QED) is 0.858. The van der Waals surface area contributed by atoms with E-state index < -0.39 is 10.0 Å². The van der Waals surface area contributed by atoms with Gasteiger partial charge in [0.1, 0.15) is 4.66 Å². The Morgan fingerprint density at radius 3 is 2.57 bits per heavy atom. The largest absolute Gasteiger partial charge is 0.282 e. The highest BCUT2D eigenvalue weighted by atomic mass is 79.9. The van der Waals surface area contributed by atoms with Crippen LogP contribution in [0.4, 0.5) is 5.69 Å². The Hall–Kier alpha value is -0.0700. The predicted octanol–water partition coefficient (Wildman–Crippen LogP) is 2.85. The van der Waals surface area contributed by atoms with E-state index >= 15 is 0 Å². The van der Waals surface area contributed by atoms with Crippen molar-refractivity contribution in [2.24, 2.45) is 0 Å². The Morgan fingerprint density at radius 2 is 2.07 bits per heavy atom. The summed E-state index contributed by atoms with van der Waals surface area (Å²) in [6, 6.07) is 5.42. The summed E-state index contributed by atoms with van der Waals surface area (Å²) in [4.78, 5) is 0. The molecule has 0 amide bonds. The zero-order valence-corrected chi connectivity index (χ0v) is 11.4. The number of alkyl halides is 1. The summed E-state index contributed by atoms with van der Waals surface area (Å²) in [5.74, 6) is 0. The maximum Gasteiger partial charge on any atom is 0.242 e. The summed E-state index contributed by atoms with van der Waals surface area (Å²) in [7, 11) is -3.27. The lowest BCUT2D eigenvalue weighted by molar-refractivity contribution is 0.606. The van der Waals surface area contributed by atoms with Gasteiger partial charge in [-0.2, -0.15) is 0 Å². The van der Waals surface area contributed by atoms with E-state index in [2.05, 4.69) is 36.6 Å². The summed E-state index contributed by atoms with van der Waals surface area (Å²) in [5, 5.41) is 0. The van der Waals surface area contributed by atoms with Crippen LogP contribution in [0.1, 0.15) is 5.56 Å². The van der Waals surface area contributed by atoms with Crippen molar-refractivity contribution in [3.8, 4) is 0 Å². The van der Waals surface area contributed by atoms with Crippen LogP contribution < -0.4 is 4.72 Å². The summed E-state index contributed by atoms with van der Waals surface area (Å²) in [6.45, 7) is 1.94. The van der Waals surface area contributed by atoms with Crippen LogP contribution in [0.25, 0.3) is 0 Å². The first-order valence-electron chi connectivity index (χ1n) is 3.77. The van der Waals surface area contributed by atoms with Crippen molar-refractivity contribution < 1.29 is 8.42 Å². The van der Waals surface area contributed by atoms with E-state index in [1.807, 2.05) is 19.1 Å². The number of benzene rings is 1. The number of anilines is 1. The molecule has 14 heavy (non-hydrogen) atoms. The number of hydrogen-bond donors (Lipinski definition) is 1. The van der Waals surface area contributed by atoms with Crippen LogP contribution in [-0.4, -0.2) is 13.1 Å².